The number of unbranched alkanes of at least 4 members (excludes halogenated alkanes) is 1. The number of carbonyl (C=O) groups excluding carboxylic acids is 17. The molecule has 0 bridgehead atoms. The number of nitrogens with one attached hydrogen (secondary N) is 17. The molecule has 4 rings (SSSR count). The Kier molecular flexibility index (Phi) is 48.0. The van der Waals surface area contributed by atoms with Crippen LogP contribution in [0.5, 0.6) is 0 Å². The van der Waals surface area contributed by atoms with E-state index in [9.17, 15) is 91.4 Å². The summed E-state index contributed by atoms with van der Waals surface area (Å²) in [6.45, 7) is 54.4. The van der Waals surface area contributed by atoms with Crippen molar-refractivity contribution in [3.05, 3.63) is 48.0 Å². The molecule has 1 saturated heterocycles. The number of carboxylic acids is 1. The highest BCUT2D eigenvalue weighted by Gasteiger charge is 2.47. The Labute approximate surface area is 867 Å². The molecule has 145 heavy (non-hydrogen) atoms. The van der Waals surface area contributed by atoms with Crippen molar-refractivity contribution in [3.63, 3.8) is 0 Å². The van der Waals surface area contributed by atoms with Crippen molar-refractivity contribution in [2.45, 2.75) is 435 Å². The molecule has 0 saturated carbocycles. The van der Waals surface area contributed by atoms with E-state index in [1.807, 2.05) is 126 Å². The zero-order valence-corrected chi connectivity index (χ0v) is 94.1. The van der Waals surface area contributed by atoms with Gasteiger partial charge in [0.15, 0.2) is 0 Å². The van der Waals surface area contributed by atoms with Crippen LogP contribution in [0.15, 0.2) is 42.5 Å². The quantitative estimate of drug-likeness (QED) is 0.0185. The van der Waals surface area contributed by atoms with E-state index in [4.69, 9.17) is 0 Å². The van der Waals surface area contributed by atoms with Crippen molar-refractivity contribution < 1.29 is 91.4 Å². The molecule has 37 nitrogen and oxygen atoms in total. The molecular formula is C106H176N18O19S2. The minimum absolute atomic E-state index is 0.00866. The molecular weight excluding hydrogens is 1890 g/mol. The van der Waals surface area contributed by atoms with Gasteiger partial charge in [0.1, 0.15) is 98.7 Å². The molecule has 3 aromatic rings. The smallest absolute Gasteiger partial charge is 0.326 e. The van der Waals surface area contributed by atoms with Crippen LogP contribution >= 0.6 is 21.6 Å². The number of amides is 17. The molecule has 10 atom stereocenters. The number of hydrogen-bond acceptors (Lipinski definition) is 20. The van der Waals surface area contributed by atoms with Gasteiger partial charge in [0.2, 0.25) is 100 Å². The summed E-state index contributed by atoms with van der Waals surface area (Å²) in [5.74, 6) is -14.5. The first kappa shape index (κ1) is 127. The molecule has 816 valence electrons. The Hall–Kier alpha value is -10.6. The summed E-state index contributed by atoms with van der Waals surface area (Å²) in [5.41, 5.74) is -11.3. The van der Waals surface area contributed by atoms with Gasteiger partial charge in [0.05, 0.1) is 0 Å². The van der Waals surface area contributed by atoms with E-state index < -0.39 is 199 Å². The number of para-hydroxylation sites is 1. The number of aliphatic carboxylic acids is 1. The molecule has 17 amide bonds. The van der Waals surface area contributed by atoms with E-state index in [0.717, 1.165) is 46.8 Å². The van der Waals surface area contributed by atoms with E-state index in [2.05, 4.69) is 95.0 Å². The molecule has 0 radical (unpaired) electrons. The van der Waals surface area contributed by atoms with Crippen molar-refractivity contribution in [2.24, 2.45) is 47.3 Å². The molecule has 1 aliphatic heterocycles. The Morgan fingerprint density at radius 2 is 0.566 bits per heavy atom. The van der Waals surface area contributed by atoms with Gasteiger partial charge in [-0.05, 0) is 266 Å². The normalized spacial score (nSPS) is 15.5. The monoisotopic (exact) mass is 2070 g/mol. The summed E-state index contributed by atoms with van der Waals surface area (Å²) >= 11 is 0. The number of aromatic nitrogens is 1. The Morgan fingerprint density at radius 1 is 0.324 bits per heavy atom. The lowest BCUT2D eigenvalue weighted by Crippen LogP contribution is -2.66. The third kappa shape index (κ3) is 40.5. The molecule has 1 fully saturated rings. The van der Waals surface area contributed by atoms with Crippen molar-refractivity contribution >= 4 is 150 Å². The largest absolute Gasteiger partial charge is 0.480 e. The van der Waals surface area contributed by atoms with Gasteiger partial charge in [-0.2, -0.15) is 0 Å². The molecule has 2 heterocycles. The maximum Gasteiger partial charge on any atom is 0.326 e. The lowest BCUT2D eigenvalue weighted by molar-refractivity contribution is -0.143. The fourth-order valence-corrected chi connectivity index (χ4v) is 19.5. The molecule has 1 aliphatic rings. The third-order valence-corrected chi connectivity index (χ3v) is 28.1. The maximum absolute atomic E-state index is 14.6. The van der Waals surface area contributed by atoms with Crippen molar-refractivity contribution in [2.75, 3.05) is 5.75 Å². The lowest BCUT2D eigenvalue weighted by atomic mass is 9.95. The Morgan fingerprint density at radius 3 is 0.800 bits per heavy atom. The zero-order valence-electron chi connectivity index (χ0n) is 92.5. The minimum atomic E-state index is -1.80. The molecule has 0 aliphatic carbocycles. The van der Waals surface area contributed by atoms with E-state index in [1.165, 1.54) is 117 Å². The number of hydrogen-bond donors (Lipinski definition) is 18. The predicted molar refractivity (Wildman–Crippen MR) is 569 cm³/mol. The second kappa shape index (κ2) is 54.9. The first-order valence-corrected chi connectivity index (χ1v) is 53.9. The van der Waals surface area contributed by atoms with Gasteiger partial charge in [0.25, 0.3) is 0 Å². The summed E-state index contributed by atoms with van der Waals surface area (Å²) < 4.78 is 2.16. The maximum atomic E-state index is 14.6. The number of carboxylic acid groups (broad SMARTS) is 1. The molecule has 39 heteroatoms. The lowest BCUT2D eigenvalue weighted by Gasteiger charge is -2.35. The van der Waals surface area contributed by atoms with Crippen LogP contribution in [0.2, 0.25) is 0 Å². The van der Waals surface area contributed by atoms with Crippen molar-refractivity contribution in [1.29, 1.82) is 0 Å². The van der Waals surface area contributed by atoms with Crippen LogP contribution in [-0.2, 0) is 99.3 Å². The zero-order chi connectivity index (χ0) is 111. The first-order valence-electron chi connectivity index (χ1n) is 51.5. The summed E-state index contributed by atoms with van der Waals surface area (Å²) in [6.07, 6.45) is 5.77. The third-order valence-electron chi connectivity index (χ3n) is 25.0. The number of fused-ring (bicyclic) bond motifs is 3. The second-order valence-corrected chi connectivity index (χ2v) is 49.6. The van der Waals surface area contributed by atoms with Crippen LogP contribution in [0, 0.1) is 47.3 Å². The van der Waals surface area contributed by atoms with Crippen LogP contribution in [0.25, 0.3) is 21.8 Å². The highest BCUT2D eigenvalue weighted by atomic mass is 33.1. The van der Waals surface area contributed by atoms with Crippen LogP contribution in [0.1, 0.15) is 324 Å². The van der Waals surface area contributed by atoms with Gasteiger partial charge < -0.3 is 100 Å². The van der Waals surface area contributed by atoms with Crippen LogP contribution < -0.4 is 90.4 Å². The van der Waals surface area contributed by atoms with Gasteiger partial charge in [-0.25, -0.2) is 4.79 Å². The Balaban J connectivity index is 1.41. The van der Waals surface area contributed by atoms with Gasteiger partial charge in [0, 0.05) is 52.2 Å². The van der Waals surface area contributed by atoms with Crippen molar-refractivity contribution in [1.82, 2.24) is 95.0 Å². The van der Waals surface area contributed by atoms with Crippen molar-refractivity contribution in [3.8, 4) is 0 Å². The second-order valence-electron chi connectivity index (χ2n) is 46.9. The number of rotatable bonds is 58. The standard InChI is InChI=1S/C106H176N18O19S2/c1-34-124-79-43-37-36-42-68(79)69-56-66(45-46-80(69)124)57-78(90(134)135)115-98(143)106(32,33)123-89(133)77(55-65(16)17)114-97(142)105(30,31)122-88(132)76(54-64(14)15)113-96(141)104(28,29)121-87(131)75(53-63(12)13)112-95(140)103(26,27)120-86(130)74(52-62(10)11)111-94(139)102(24,25)119-85(129)73(51-61(8)9)110-93(138)101(22,23)118-84(128)72(50-60(6)7)109-92(137)100(20,21)117-83(127)71(49-59(4)5)108-91(136)99(18,19)116-82(126)70(48-58(2)3)107-81(125)44-38-35-40-67-41-39-47-144-145-67/h36-37,42-43,45-46,56,58-65,67,70-78H,34-35,38-41,44,47-55,57H2,1-33H3,(H,107,125)(H,108,136)(H,109,137)(H,110,138)(H,111,139)(H,112,140)(H,113,141)(H,114,142)(H,115,143)(H,116,126)(H,117,127)(H,118,128)(H,119,129)(H,120,130)(H,121,131)(H,122,132)(H,123,133)(H,134,135)/t67?,70-,71-,72-,73-,74-,75-,76-,77-,78-/m0/s1. The average Bonchev–Trinajstić information content (AvgIpc) is 1.61. The highest BCUT2D eigenvalue weighted by molar-refractivity contribution is 8.77. The van der Waals surface area contributed by atoms with E-state index in [0.29, 0.717) is 30.2 Å². The molecule has 2 aromatic carbocycles. The molecule has 18 N–H and O–H groups in total. The molecule has 1 aromatic heterocycles. The van der Waals surface area contributed by atoms with Gasteiger partial charge in [-0.15, -0.1) is 0 Å². The topological polar surface area (TPSA) is 537 Å². The van der Waals surface area contributed by atoms with E-state index in [-0.39, 0.29) is 111 Å². The number of carbonyl (C=O) groups is 18. The first-order chi connectivity index (χ1) is 66.7. The molecule has 0 spiro atoms. The van der Waals surface area contributed by atoms with Crippen LogP contribution in [0.3, 0.4) is 0 Å². The molecule has 1 unspecified atom stereocenters. The summed E-state index contributed by atoms with van der Waals surface area (Å²) in [6, 6.07) is 2.14. The number of aryl methyl sites for hydroxylation is 1. The van der Waals surface area contributed by atoms with Crippen LogP contribution in [-0.4, -0.2) is 226 Å². The number of benzene rings is 2. The van der Waals surface area contributed by atoms with Gasteiger partial charge in [-0.3, -0.25) is 81.5 Å². The highest BCUT2D eigenvalue weighted by Crippen LogP contribution is 2.38. The predicted octanol–water partition coefficient (Wildman–Crippen LogP) is 9.44. The fraction of sp³-hybridized carbons (Fsp3) is 0.717. The Bertz CT molecular complexity index is 4980. The van der Waals surface area contributed by atoms with E-state index in [1.54, 1.807) is 55.4 Å². The number of nitrogens with zero attached hydrogens (tertiary/aromatic N) is 1. The van der Waals surface area contributed by atoms with Gasteiger partial charge >= 0.3 is 5.97 Å². The fourth-order valence-electron chi connectivity index (χ4n) is 16.6. The SMILES string of the molecule is CCn1c2ccccc2c2cc(C[C@H](NC(=O)C(C)(C)NC(=O)[C@H](CC(C)C)NC(=O)C(C)(C)NC(=O)[C@H](CC(C)C)NC(=O)C(C)(C)NC(=O)[C@H](CC(C)C)NC(=O)C(C)(C)NC(=O)[C@H](CC(C)C)NC(=O)C(C)(C)NC(=O)[C@H](CC(C)C)NC(=O)C(C)(C)NC(=O)[C@H](CC(C)C)NC(=O)C(C)(C)NC(=O)[C@H](CC(C)C)NC(=O)C(C)(C)NC(=O)[C@H](CC(C)C)NC(=O)CCCCC3CCCSS3)C(=O)O)ccc21. The average molecular weight is 2070 g/mol. The van der Waals surface area contributed by atoms with Crippen LogP contribution in [0.4, 0.5) is 0 Å². The summed E-state index contributed by atoms with van der Waals surface area (Å²) in [7, 11) is 3.79. The summed E-state index contributed by atoms with van der Waals surface area (Å²) in [4.78, 5) is 256. The summed E-state index contributed by atoms with van der Waals surface area (Å²) in [5, 5.41) is 59.4. The minimum Gasteiger partial charge on any atom is -0.480 e. The van der Waals surface area contributed by atoms with Gasteiger partial charge in [-0.1, -0.05) is 163 Å². The van der Waals surface area contributed by atoms with E-state index >= 15 is 0 Å².